The molecule has 0 fully saturated rings. The number of hydrogen-bond donors (Lipinski definition) is 2. The van der Waals surface area contributed by atoms with Gasteiger partial charge in [0, 0.05) is 4.70 Å². The first kappa shape index (κ1) is 11.5. The highest BCUT2D eigenvalue weighted by molar-refractivity contribution is 7.17. The second-order valence-electron chi connectivity index (χ2n) is 4.24. The summed E-state index contributed by atoms with van der Waals surface area (Å²) in [6, 6.07) is 10.5. The summed E-state index contributed by atoms with van der Waals surface area (Å²) in [5.41, 5.74) is 5.30. The fourth-order valence-corrected chi connectivity index (χ4v) is 3.19. The van der Waals surface area contributed by atoms with Gasteiger partial charge in [-0.15, -0.1) is 11.3 Å². The third-order valence-electron chi connectivity index (χ3n) is 3.11. The molecule has 1 unspecified atom stereocenters. The van der Waals surface area contributed by atoms with E-state index >= 15 is 0 Å². The van der Waals surface area contributed by atoms with Crippen molar-refractivity contribution in [1.82, 2.24) is 5.43 Å². The highest BCUT2D eigenvalue weighted by atomic mass is 32.1. The molecule has 4 heteroatoms. The lowest BCUT2D eigenvalue weighted by Gasteiger charge is -2.14. The zero-order chi connectivity index (χ0) is 12.4. The predicted octanol–water partition coefficient (Wildman–Crippen LogP) is 3.24. The Morgan fingerprint density at radius 1 is 1.28 bits per heavy atom. The van der Waals surface area contributed by atoms with Crippen molar-refractivity contribution < 1.29 is 4.42 Å². The van der Waals surface area contributed by atoms with E-state index < -0.39 is 0 Å². The van der Waals surface area contributed by atoms with Crippen LogP contribution in [0.25, 0.3) is 10.1 Å². The topological polar surface area (TPSA) is 51.2 Å². The number of hydrogen-bond acceptors (Lipinski definition) is 4. The Kier molecular flexibility index (Phi) is 3.15. The van der Waals surface area contributed by atoms with Crippen LogP contribution in [0.5, 0.6) is 0 Å². The molecule has 0 aliphatic carbocycles. The van der Waals surface area contributed by atoms with Crippen molar-refractivity contribution in [3.63, 3.8) is 0 Å². The number of nitrogens with two attached hydrogens (primary N) is 1. The number of fused-ring (bicyclic) bond motifs is 1. The molecule has 92 valence electrons. The first-order chi connectivity index (χ1) is 8.88. The molecule has 0 amide bonds. The molecule has 3 nitrogen and oxygen atoms in total. The second kappa shape index (κ2) is 4.94. The van der Waals surface area contributed by atoms with Crippen LogP contribution in [0.3, 0.4) is 0 Å². The SMILES string of the molecule is NNC(Cc1ccoc1)c1csc2ccccc12. The largest absolute Gasteiger partial charge is 0.472 e. The molecule has 3 rings (SSSR count). The molecule has 3 aromatic rings. The minimum absolute atomic E-state index is 0.110. The van der Waals surface area contributed by atoms with Crippen LogP contribution in [0.15, 0.2) is 52.7 Å². The molecule has 2 heterocycles. The van der Waals surface area contributed by atoms with Gasteiger partial charge in [-0.3, -0.25) is 11.3 Å². The Bertz CT molecular complexity index is 630. The van der Waals surface area contributed by atoms with E-state index in [0.29, 0.717) is 0 Å². The molecule has 0 radical (unpaired) electrons. The van der Waals surface area contributed by atoms with Crippen molar-refractivity contribution in [2.45, 2.75) is 12.5 Å². The predicted molar refractivity (Wildman–Crippen MR) is 74.3 cm³/mol. The molecular formula is C14H14N2OS. The van der Waals surface area contributed by atoms with Crippen LogP contribution >= 0.6 is 11.3 Å². The van der Waals surface area contributed by atoms with E-state index in [1.165, 1.54) is 15.6 Å². The molecule has 0 saturated heterocycles. The van der Waals surface area contributed by atoms with Gasteiger partial charge in [0.25, 0.3) is 0 Å². The molecule has 1 atom stereocenters. The molecule has 0 aliphatic heterocycles. The van der Waals surface area contributed by atoms with Crippen LogP contribution in [0.4, 0.5) is 0 Å². The van der Waals surface area contributed by atoms with Crippen molar-refractivity contribution in [1.29, 1.82) is 0 Å². The van der Waals surface area contributed by atoms with E-state index in [4.69, 9.17) is 10.3 Å². The van der Waals surface area contributed by atoms with E-state index in [9.17, 15) is 0 Å². The van der Waals surface area contributed by atoms with Crippen molar-refractivity contribution in [3.8, 4) is 0 Å². The summed E-state index contributed by atoms with van der Waals surface area (Å²) in [6.45, 7) is 0. The zero-order valence-corrected chi connectivity index (χ0v) is 10.6. The van der Waals surface area contributed by atoms with E-state index in [1.54, 1.807) is 23.9 Å². The summed E-state index contributed by atoms with van der Waals surface area (Å²) >= 11 is 1.75. The average Bonchev–Trinajstić information content (AvgIpc) is 3.05. The molecular weight excluding hydrogens is 244 g/mol. The molecule has 0 aliphatic rings. The van der Waals surface area contributed by atoms with E-state index in [-0.39, 0.29) is 6.04 Å². The van der Waals surface area contributed by atoms with Gasteiger partial charge in [0.15, 0.2) is 0 Å². The molecule has 0 saturated carbocycles. The molecule has 0 bridgehead atoms. The quantitative estimate of drug-likeness (QED) is 0.558. The number of benzene rings is 1. The van der Waals surface area contributed by atoms with E-state index in [0.717, 1.165) is 12.0 Å². The lowest BCUT2D eigenvalue weighted by molar-refractivity contribution is 0.539. The first-order valence-electron chi connectivity index (χ1n) is 5.82. The van der Waals surface area contributed by atoms with Gasteiger partial charge >= 0.3 is 0 Å². The summed E-state index contributed by atoms with van der Waals surface area (Å²) in [6.07, 6.45) is 4.28. The number of nitrogens with one attached hydrogen (secondary N) is 1. The van der Waals surface area contributed by atoms with E-state index in [2.05, 4.69) is 35.1 Å². The number of furan rings is 1. The Labute approximate surface area is 109 Å². The van der Waals surface area contributed by atoms with Crippen molar-refractivity contribution in [2.24, 2.45) is 5.84 Å². The number of rotatable bonds is 4. The Morgan fingerprint density at radius 2 is 2.17 bits per heavy atom. The Hall–Kier alpha value is -1.62. The molecule has 18 heavy (non-hydrogen) atoms. The van der Waals surface area contributed by atoms with Gasteiger partial charge in [-0.05, 0) is 40.4 Å². The summed E-state index contributed by atoms with van der Waals surface area (Å²) in [7, 11) is 0. The fraction of sp³-hybridized carbons (Fsp3) is 0.143. The summed E-state index contributed by atoms with van der Waals surface area (Å²) in [5.74, 6) is 5.70. The standard InChI is InChI=1S/C14H14N2OS/c15-16-13(7-10-5-6-17-8-10)12-9-18-14-4-2-1-3-11(12)14/h1-6,8-9,13,16H,7,15H2. The number of hydrazine groups is 1. The maximum absolute atomic E-state index is 5.70. The monoisotopic (exact) mass is 258 g/mol. The van der Waals surface area contributed by atoms with Crippen LogP contribution in [0.2, 0.25) is 0 Å². The lowest BCUT2D eigenvalue weighted by Crippen LogP contribution is -2.29. The van der Waals surface area contributed by atoms with Crippen LogP contribution in [0, 0.1) is 0 Å². The first-order valence-corrected chi connectivity index (χ1v) is 6.70. The van der Waals surface area contributed by atoms with Gasteiger partial charge in [0.05, 0.1) is 18.6 Å². The van der Waals surface area contributed by atoms with Gasteiger partial charge in [-0.1, -0.05) is 18.2 Å². The van der Waals surface area contributed by atoms with Crippen LogP contribution < -0.4 is 11.3 Å². The van der Waals surface area contributed by atoms with Crippen LogP contribution in [-0.2, 0) is 6.42 Å². The van der Waals surface area contributed by atoms with Crippen molar-refractivity contribution >= 4 is 21.4 Å². The maximum atomic E-state index is 5.70. The van der Waals surface area contributed by atoms with E-state index in [1.807, 2.05) is 6.07 Å². The maximum Gasteiger partial charge on any atom is 0.0935 e. The lowest BCUT2D eigenvalue weighted by atomic mass is 10.0. The summed E-state index contributed by atoms with van der Waals surface area (Å²) in [5, 5.41) is 3.45. The zero-order valence-electron chi connectivity index (χ0n) is 9.80. The van der Waals surface area contributed by atoms with Gasteiger partial charge in [-0.25, -0.2) is 0 Å². The molecule has 0 spiro atoms. The average molecular weight is 258 g/mol. The van der Waals surface area contributed by atoms with Crippen molar-refractivity contribution in [2.75, 3.05) is 0 Å². The molecule has 1 aromatic carbocycles. The third-order valence-corrected chi connectivity index (χ3v) is 4.09. The minimum Gasteiger partial charge on any atom is -0.472 e. The van der Waals surface area contributed by atoms with Gasteiger partial charge < -0.3 is 4.42 Å². The second-order valence-corrected chi connectivity index (χ2v) is 5.15. The Morgan fingerprint density at radius 3 is 2.94 bits per heavy atom. The summed E-state index contributed by atoms with van der Waals surface area (Å²) in [4.78, 5) is 0. The highest BCUT2D eigenvalue weighted by Crippen LogP contribution is 2.31. The normalized spacial score (nSPS) is 12.9. The van der Waals surface area contributed by atoms with Crippen LogP contribution in [0.1, 0.15) is 17.2 Å². The summed E-state index contributed by atoms with van der Waals surface area (Å²) < 4.78 is 6.39. The number of thiophene rings is 1. The minimum atomic E-state index is 0.110. The highest BCUT2D eigenvalue weighted by Gasteiger charge is 2.15. The van der Waals surface area contributed by atoms with Gasteiger partial charge in [-0.2, -0.15) is 0 Å². The van der Waals surface area contributed by atoms with Crippen molar-refractivity contribution in [3.05, 3.63) is 59.4 Å². The molecule has 2 aromatic heterocycles. The van der Waals surface area contributed by atoms with Gasteiger partial charge in [0.1, 0.15) is 0 Å². The Balaban J connectivity index is 1.96. The van der Waals surface area contributed by atoms with Gasteiger partial charge in [0.2, 0.25) is 0 Å². The smallest absolute Gasteiger partial charge is 0.0935 e. The molecule has 3 N–H and O–H groups in total. The fourth-order valence-electron chi connectivity index (χ4n) is 2.17. The van der Waals surface area contributed by atoms with Crippen LogP contribution in [-0.4, -0.2) is 0 Å². The third kappa shape index (κ3) is 2.06.